The number of amides is 1. The molecule has 0 spiro atoms. The fourth-order valence-electron chi connectivity index (χ4n) is 6.70. The zero-order valence-electron chi connectivity index (χ0n) is 18.8. The van der Waals surface area contributed by atoms with Crippen molar-refractivity contribution in [3.05, 3.63) is 71.8 Å². The number of halogens is 1. The number of piperidine rings is 1. The third-order valence-electron chi connectivity index (χ3n) is 8.24. The smallest absolute Gasteiger partial charge is 0.234 e. The van der Waals surface area contributed by atoms with E-state index in [0.29, 0.717) is 37.5 Å². The van der Waals surface area contributed by atoms with Crippen LogP contribution >= 0.6 is 0 Å². The molecule has 172 valence electrons. The van der Waals surface area contributed by atoms with Crippen molar-refractivity contribution in [2.45, 2.75) is 62.4 Å². The van der Waals surface area contributed by atoms with E-state index in [1.807, 2.05) is 23.0 Å². The zero-order valence-corrected chi connectivity index (χ0v) is 18.8. The minimum atomic E-state index is -0.805. The Morgan fingerprint density at radius 1 is 1.06 bits per heavy atom. The molecule has 3 aliphatic rings. The Kier molecular flexibility index (Phi) is 5.21. The van der Waals surface area contributed by atoms with Crippen LogP contribution in [-0.2, 0) is 21.4 Å². The summed E-state index contributed by atoms with van der Waals surface area (Å²) in [6, 6.07) is 13.7. The van der Waals surface area contributed by atoms with Crippen LogP contribution in [0.2, 0.25) is 0 Å². The molecule has 3 aliphatic heterocycles. The fraction of sp³-hybridized carbons (Fsp3) is 0.481. The highest BCUT2D eigenvalue weighted by molar-refractivity contribution is 5.89. The van der Waals surface area contributed by atoms with Gasteiger partial charge in [-0.1, -0.05) is 24.3 Å². The monoisotopic (exact) mass is 447 g/mol. The van der Waals surface area contributed by atoms with E-state index in [1.54, 1.807) is 12.1 Å². The first kappa shape index (κ1) is 20.8. The average Bonchev–Trinajstić information content (AvgIpc) is 3.42. The molecule has 5 heterocycles. The summed E-state index contributed by atoms with van der Waals surface area (Å²) in [4.78, 5) is 16.3. The maximum atomic E-state index is 14.9. The van der Waals surface area contributed by atoms with Gasteiger partial charge in [0.2, 0.25) is 5.91 Å². The van der Waals surface area contributed by atoms with E-state index in [4.69, 9.17) is 4.74 Å². The summed E-state index contributed by atoms with van der Waals surface area (Å²) in [7, 11) is 0. The second kappa shape index (κ2) is 8.24. The Hall–Kier alpha value is -2.73. The lowest BCUT2D eigenvalue weighted by atomic mass is 9.71. The Morgan fingerprint density at radius 2 is 1.82 bits per heavy atom. The van der Waals surface area contributed by atoms with Gasteiger partial charge >= 0.3 is 0 Å². The Labute approximate surface area is 193 Å². The van der Waals surface area contributed by atoms with Crippen molar-refractivity contribution in [2.24, 2.45) is 5.92 Å². The number of aromatic nitrogens is 2. The topological polar surface area (TPSA) is 46.8 Å². The molecule has 3 saturated heterocycles. The van der Waals surface area contributed by atoms with Crippen molar-refractivity contribution >= 4 is 11.4 Å². The number of nitrogens with zero attached hydrogens (tertiary/aromatic N) is 3. The first-order chi connectivity index (χ1) is 16.2. The van der Waals surface area contributed by atoms with Gasteiger partial charge in [0, 0.05) is 43.3 Å². The molecule has 6 rings (SSSR count). The zero-order chi connectivity index (χ0) is 22.4. The molecule has 2 aromatic heterocycles. The van der Waals surface area contributed by atoms with Gasteiger partial charge in [0.25, 0.3) is 0 Å². The largest absolute Gasteiger partial charge is 0.381 e. The van der Waals surface area contributed by atoms with Crippen molar-refractivity contribution in [1.82, 2.24) is 14.5 Å². The molecule has 3 fully saturated rings. The van der Waals surface area contributed by atoms with E-state index in [-0.39, 0.29) is 23.8 Å². The Balaban J connectivity index is 1.26. The van der Waals surface area contributed by atoms with Gasteiger partial charge < -0.3 is 9.64 Å². The van der Waals surface area contributed by atoms with Crippen LogP contribution in [-0.4, -0.2) is 45.7 Å². The third-order valence-corrected chi connectivity index (χ3v) is 8.24. The standard InChI is InChI=1S/C27H30FN3O2/c28-24-6-2-1-5-23(24)27(10-14-33-15-11-27)26(32)31-21-7-8-22(31)18-19(17-21)16-20-4-3-13-30-25(20)9-12-29-30/h1-6,9,12-13,19,21-22H,7-8,10-11,14-18H2. The van der Waals surface area contributed by atoms with Crippen molar-refractivity contribution in [3.8, 4) is 0 Å². The van der Waals surface area contributed by atoms with Crippen LogP contribution in [0.5, 0.6) is 0 Å². The molecule has 0 aliphatic carbocycles. The van der Waals surface area contributed by atoms with Gasteiger partial charge in [0.1, 0.15) is 5.82 Å². The summed E-state index contributed by atoms with van der Waals surface area (Å²) in [6.07, 6.45) is 10.1. The van der Waals surface area contributed by atoms with Crippen LogP contribution in [0.1, 0.15) is 49.7 Å². The van der Waals surface area contributed by atoms with Gasteiger partial charge in [-0.05, 0) is 74.6 Å². The number of carbonyl (C=O) groups is 1. The Morgan fingerprint density at radius 3 is 2.58 bits per heavy atom. The highest BCUT2D eigenvalue weighted by Gasteiger charge is 2.52. The summed E-state index contributed by atoms with van der Waals surface area (Å²) in [6.45, 7) is 1.00. The molecule has 0 N–H and O–H groups in total. The fourth-order valence-corrected chi connectivity index (χ4v) is 6.70. The van der Waals surface area contributed by atoms with Crippen LogP contribution in [0.15, 0.2) is 54.9 Å². The van der Waals surface area contributed by atoms with E-state index in [0.717, 1.165) is 32.1 Å². The number of carbonyl (C=O) groups excluding carboxylic acids is 1. The van der Waals surface area contributed by atoms with Gasteiger partial charge in [0.05, 0.1) is 10.9 Å². The number of pyridine rings is 1. The second-order valence-corrected chi connectivity index (χ2v) is 10.0. The molecule has 2 bridgehead atoms. The maximum Gasteiger partial charge on any atom is 0.234 e. The van der Waals surface area contributed by atoms with Gasteiger partial charge in [-0.15, -0.1) is 0 Å². The first-order valence-electron chi connectivity index (χ1n) is 12.2. The molecular formula is C27H30FN3O2. The average molecular weight is 448 g/mol. The van der Waals surface area contributed by atoms with Crippen LogP contribution < -0.4 is 0 Å². The lowest BCUT2D eigenvalue weighted by Crippen LogP contribution is -2.56. The number of fused-ring (bicyclic) bond motifs is 3. The summed E-state index contributed by atoms with van der Waals surface area (Å²) in [5, 5.41) is 4.37. The summed E-state index contributed by atoms with van der Waals surface area (Å²) in [5.41, 5.74) is 2.24. The summed E-state index contributed by atoms with van der Waals surface area (Å²) in [5.74, 6) is 0.398. The number of hydrogen-bond donors (Lipinski definition) is 0. The van der Waals surface area contributed by atoms with Crippen molar-refractivity contribution in [1.29, 1.82) is 0 Å². The summed E-state index contributed by atoms with van der Waals surface area (Å²) < 4.78 is 22.5. The van der Waals surface area contributed by atoms with E-state index >= 15 is 0 Å². The van der Waals surface area contributed by atoms with Crippen LogP contribution in [0, 0.1) is 11.7 Å². The highest BCUT2D eigenvalue weighted by atomic mass is 19.1. The molecule has 2 atom stereocenters. The minimum Gasteiger partial charge on any atom is -0.381 e. The van der Waals surface area contributed by atoms with Gasteiger partial charge in [-0.25, -0.2) is 8.91 Å². The molecule has 3 aromatic rings. The Bertz CT molecular complexity index is 1150. The quantitative estimate of drug-likeness (QED) is 0.590. The molecule has 1 aromatic carbocycles. The normalized spacial score (nSPS) is 26.6. The molecule has 1 amide bonds. The maximum absolute atomic E-state index is 14.9. The summed E-state index contributed by atoms with van der Waals surface area (Å²) >= 11 is 0. The second-order valence-electron chi connectivity index (χ2n) is 10.0. The SMILES string of the molecule is O=C(N1C2CCC1CC(Cc1cccn3nccc13)C2)C1(c2ccccc2F)CCOCC1. The predicted octanol–water partition coefficient (Wildman–Crippen LogP) is 4.53. The van der Waals surface area contributed by atoms with Crippen LogP contribution in [0.3, 0.4) is 0 Å². The van der Waals surface area contributed by atoms with Crippen molar-refractivity contribution in [2.75, 3.05) is 13.2 Å². The number of benzene rings is 1. The number of ether oxygens (including phenoxy) is 1. The number of rotatable bonds is 4. The van der Waals surface area contributed by atoms with E-state index in [2.05, 4.69) is 28.2 Å². The molecule has 0 saturated carbocycles. The van der Waals surface area contributed by atoms with Crippen molar-refractivity contribution < 1.29 is 13.9 Å². The van der Waals surface area contributed by atoms with Gasteiger partial charge in [-0.2, -0.15) is 5.10 Å². The van der Waals surface area contributed by atoms with Gasteiger partial charge in [0.15, 0.2) is 0 Å². The van der Waals surface area contributed by atoms with Gasteiger partial charge in [-0.3, -0.25) is 4.79 Å². The van der Waals surface area contributed by atoms with E-state index in [1.165, 1.54) is 17.1 Å². The van der Waals surface area contributed by atoms with E-state index in [9.17, 15) is 9.18 Å². The van der Waals surface area contributed by atoms with Crippen LogP contribution in [0.4, 0.5) is 4.39 Å². The molecule has 0 radical (unpaired) electrons. The molecule has 6 heteroatoms. The molecule has 33 heavy (non-hydrogen) atoms. The first-order valence-corrected chi connectivity index (χ1v) is 12.2. The lowest BCUT2D eigenvalue weighted by molar-refractivity contribution is -0.147. The number of hydrogen-bond acceptors (Lipinski definition) is 3. The highest BCUT2D eigenvalue weighted by Crippen LogP contribution is 2.46. The minimum absolute atomic E-state index is 0.125. The molecular weight excluding hydrogens is 417 g/mol. The van der Waals surface area contributed by atoms with E-state index < -0.39 is 5.41 Å². The van der Waals surface area contributed by atoms with Crippen LogP contribution in [0.25, 0.3) is 5.52 Å². The predicted molar refractivity (Wildman–Crippen MR) is 123 cm³/mol. The lowest BCUT2D eigenvalue weighted by Gasteiger charge is -2.46. The molecule has 5 nitrogen and oxygen atoms in total. The third kappa shape index (κ3) is 3.46. The molecule has 2 unspecified atom stereocenters. The van der Waals surface area contributed by atoms with Crippen molar-refractivity contribution in [3.63, 3.8) is 0 Å².